The fourth-order valence-corrected chi connectivity index (χ4v) is 4.27. The normalized spacial score (nSPS) is 20.9. The summed E-state index contributed by atoms with van der Waals surface area (Å²) in [6.45, 7) is 4.02. The van der Waals surface area contributed by atoms with E-state index in [0.29, 0.717) is 11.4 Å². The molecule has 2 aliphatic rings. The first kappa shape index (κ1) is 14.6. The summed E-state index contributed by atoms with van der Waals surface area (Å²) in [7, 11) is 1.63. The van der Waals surface area contributed by atoms with Crippen molar-refractivity contribution in [2.75, 3.05) is 43.9 Å². The van der Waals surface area contributed by atoms with E-state index in [0.717, 1.165) is 37.2 Å². The topological polar surface area (TPSA) is 74.5 Å². The van der Waals surface area contributed by atoms with E-state index in [9.17, 15) is 4.79 Å². The Kier molecular flexibility index (Phi) is 4.30. The third-order valence-electron chi connectivity index (χ3n) is 4.60. The van der Waals surface area contributed by atoms with Crippen molar-refractivity contribution in [1.29, 1.82) is 0 Å². The molecule has 1 amide bonds. The highest BCUT2D eigenvalue weighted by atomic mass is 32.1. The molecule has 6 nitrogen and oxygen atoms in total. The Labute approximate surface area is 129 Å². The van der Waals surface area contributed by atoms with Gasteiger partial charge in [0.1, 0.15) is 10.6 Å². The minimum absolute atomic E-state index is 0.144. The number of anilines is 2. The van der Waals surface area contributed by atoms with Gasteiger partial charge in [0.2, 0.25) is 0 Å². The standard InChI is InChI=1S/C14H23N5OS/c1-16-13(20)11-12(15)17-21-14(11)19-8-6-18(7-9-19)10-4-2-3-5-10/h10H,2-9H2,1H3,(H2,15,17)(H,16,20). The molecular weight excluding hydrogens is 286 g/mol. The lowest BCUT2D eigenvalue weighted by Crippen LogP contribution is -2.49. The monoisotopic (exact) mass is 309 g/mol. The first-order valence-electron chi connectivity index (χ1n) is 7.67. The van der Waals surface area contributed by atoms with Crippen LogP contribution >= 0.6 is 11.5 Å². The largest absolute Gasteiger partial charge is 0.382 e. The van der Waals surface area contributed by atoms with Crippen molar-refractivity contribution in [3.63, 3.8) is 0 Å². The molecule has 0 atom stereocenters. The summed E-state index contributed by atoms with van der Waals surface area (Å²) < 4.78 is 4.16. The van der Waals surface area contributed by atoms with Gasteiger partial charge in [-0.05, 0) is 24.4 Å². The highest BCUT2D eigenvalue weighted by Gasteiger charge is 2.29. The van der Waals surface area contributed by atoms with Gasteiger partial charge < -0.3 is 16.0 Å². The molecule has 2 fully saturated rings. The van der Waals surface area contributed by atoms with Gasteiger partial charge >= 0.3 is 0 Å². The van der Waals surface area contributed by atoms with Crippen molar-refractivity contribution >= 4 is 28.3 Å². The molecule has 0 aromatic carbocycles. The zero-order valence-corrected chi connectivity index (χ0v) is 13.3. The summed E-state index contributed by atoms with van der Waals surface area (Å²) in [5.41, 5.74) is 6.39. The predicted octanol–water partition coefficient (Wildman–Crippen LogP) is 1.15. The van der Waals surface area contributed by atoms with Crippen molar-refractivity contribution < 1.29 is 4.79 Å². The van der Waals surface area contributed by atoms with Crippen LogP contribution < -0.4 is 16.0 Å². The van der Waals surface area contributed by atoms with Crippen LogP contribution in [0.5, 0.6) is 0 Å². The number of hydrogen-bond donors (Lipinski definition) is 2. The van der Waals surface area contributed by atoms with Gasteiger partial charge in [-0.1, -0.05) is 12.8 Å². The van der Waals surface area contributed by atoms with E-state index in [2.05, 4.69) is 19.5 Å². The number of nitrogens with one attached hydrogen (secondary N) is 1. The smallest absolute Gasteiger partial charge is 0.257 e. The van der Waals surface area contributed by atoms with Crippen LogP contribution in [0.3, 0.4) is 0 Å². The van der Waals surface area contributed by atoms with Gasteiger partial charge in [0.25, 0.3) is 5.91 Å². The van der Waals surface area contributed by atoms with E-state index in [1.54, 1.807) is 7.05 Å². The van der Waals surface area contributed by atoms with Gasteiger partial charge in [-0.2, -0.15) is 4.37 Å². The molecule has 1 saturated heterocycles. The van der Waals surface area contributed by atoms with Crippen molar-refractivity contribution in [2.24, 2.45) is 0 Å². The van der Waals surface area contributed by atoms with Crippen molar-refractivity contribution in [3.05, 3.63) is 5.56 Å². The number of piperazine rings is 1. The van der Waals surface area contributed by atoms with Crippen molar-refractivity contribution in [2.45, 2.75) is 31.7 Å². The van der Waals surface area contributed by atoms with Gasteiger partial charge in [0.05, 0.1) is 0 Å². The molecule has 0 spiro atoms. The fourth-order valence-electron chi connectivity index (χ4n) is 3.41. The molecule has 7 heteroatoms. The number of hydrogen-bond acceptors (Lipinski definition) is 6. The minimum atomic E-state index is -0.144. The third-order valence-corrected chi connectivity index (χ3v) is 5.52. The second-order valence-corrected chi connectivity index (χ2v) is 6.54. The molecule has 1 saturated carbocycles. The lowest BCUT2D eigenvalue weighted by atomic mass is 10.1. The highest BCUT2D eigenvalue weighted by molar-refractivity contribution is 7.11. The second-order valence-electron chi connectivity index (χ2n) is 5.79. The van der Waals surface area contributed by atoms with Crippen LogP contribution in [0.1, 0.15) is 36.0 Å². The van der Waals surface area contributed by atoms with E-state index >= 15 is 0 Å². The fraction of sp³-hybridized carbons (Fsp3) is 0.714. The average molecular weight is 309 g/mol. The second kappa shape index (κ2) is 6.19. The Bertz CT molecular complexity index is 503. The zero-order valence-electron chi connectivity index (χ0n) is 12.5. The summed E-state index contributed by atoms with van der Waals surface area (Å²) in [4.78, 5) is 16.8. The molecule has 1 aromatic rings. The van der Waals surface area contributed by atoms with E-state index in [-0.39, 0.29) is 5.91 Å². The van der Waals surface area contributed by atoms with Crippen LogP contribution in [0.4, 0.5) is 10.8 Å². The Hall–Kier alpha value is -1.34. The molecule has 21 heavy (non-hydrogen) atoms. The minimum Gasteiger partial charge on any atom is -0.382 e. The van der Waals surface area contributed by atoms with Crippen molar-refractivity contribution in [3.8, 4) is 0 Å². The van der Waals surface area contributed by atoms with E-state index in [4.69, 9.17) is 5.73 Å². The van der Waals surface area contributed by atoms with Crippen molar-refractivity contribution in [1.82, 2.24) is 14.6 Å². The van der Waals surface area contributed by atoms with Crippen LogP contribution in [0.15, 0.2) is 0 Å². The van der Waals surface area contributed by atoms with E-state index < -0.39 is 0 Å². The number of rotatable bonds is 3. The number of nitrogen functional groups attached to an aromatic ring is 1. The molecule has 0 unspecified atom stereocenters. The molecule has 2 heterocycles. The molecule has 1 aliphatic heterocycles. The maximum atomic E-state index is 12.0. The maximum absolute atomic E-state index is 12.0. The Morgan fingerprint density at radius 3 is 2.57 bits per heavy atom. The molecular formula is C14H23N5OS. The Morgan fingerprint density at radius 2 is 1.95 bits per heavy atom. The van der Waals surface area contributed by atoms with E-state index in [1.165, 1.54) is 37.2 Å². The first-order chi connectivity index (χ1) is 10.2. The number of carbonyl (C=O) groups is 1. The quantitative estimate of drug-likeness (QED) is 0.876. The molecule has 1 aromatic heterocycles. The lowest BCUT2D eigenvalue weighted by Gasteiger charge is -2.38. The number of amides is 1. The van der Waals surface area contributed by atoms with Gasteiger partial charge in [0, 0.05) is 39.3 Å². The molecule has 0 radical (unpaired) electrons. The SMILES string of the molecule is CNC(=O)c1c(N)nsc1N1CCN(C2CCCC2)CC1. The van der Waals surface area contributed by atoms with Crippen LogP contribution in [0.2, 0.25) is 0 Å². The maximum Gasteiger partial charge on any atom is 0.257 e. The van der Waals surface area contributed by atoms with Gasteiger partial charge in [0.15, 0.2) is 5.82 Å². The zero-order chi connectivity index (χ0) is 14.8. The van der Waals surface area contributed by atoms with Gasteiger partial charge in [-0.25, -0.2) is 0 Å². The molecule has 3 rings (SSSR count). The number of nitrogens with two attached hydrogens (primary N) is 1. The number of carbonyl (C=O) groups excluding carboxylic acids is 1. The number of aromatic nitrogens is 1. The summed E-state index contributed by atoms with van der Waals surface area (Å²) in [6, 6.07) is 0.775. The van der Waals surface area contributed by atoms with Gasteiger partial charge in [-0.3, -0.25) is 9.69 Å². The molecule has 0 bridgehead atoms. The van der Waals surface area contributed by atoms with Gasteiger partial charge in [-0.15, -0.1) is 0 Å². The van der Waals surface area contributed by atoms with Crippen LogP contribution in [0, 0.1) is 0 Å². The molecule has 3 N–H and O–H groups in total. The number of nitrogens with zero attached hydrogens (tertiary/aromatic N) is 3. The predicted molar refractivity (Wildman–Crippen MR) is 86.0 cm³/mol. The van der Waals surface area contributed by atoms with Crippen LogP contribution in [-0.4, -0.2) is 54.4 Å². The summed E-state index contributed by atoms with van der Waals surface area (Å²) in [6.07, 6.45) is 5.43. The summed E-state index contributed by atoms with van der Waals surface area (Å²) >= 11 is 1.33. The average Bonchev–Trinajstić information content (AvgIpc) is 3.16. The summed E-state index contributed by atoms with van der Waals surface area (Å²) in [5.74, 6) is 0.196. The van der Waals surface area contributed by atoms with Crippen LogP contribution in [0.25, 0.3) is 0 Å². The summed E-state index contributed by atoms with van der Waals surface area (Å²) in [5, 5.41) is 3.57. The Balaban J connectivity index is 1.68. The van der Waals surface area contributed by atoms with E-state index in [1.807, 2.05) is 0 Å². The molecule has 1 aliphatic carbocycles. The highest BCUT2D eigenvalue weighted by Crippen LogP contribution is 2.32. The Morgan fingerprint density at radius 1 is 1.29 bits per heavy atom. The third kappa shape index (κ3) is 2.85. The first-order valence-corrected chi connectivity index (χ1v) is 8.44. The molecule has 116 valence electrons. The van der Waals surface area contributed by atoms with Crippen LogP contribution in [-0.2, 0) is 0 Å². The lowest BCUT2D eigenvalue weighted by molar-refractivity contribution is 0.0964.